The Morgan fingerprint density at radius 3 is 2.50 bits per heavy atom. The van der Waals surface area contributed by atoms with Crippen LogP contribution < -0.4 is 4.72 Å². The SMILES string of the molecule is O=C(CNS(=O)(=O)c1ccccc1O)N1CCCCC1. The van der Waals surface area contributed by atoms with Gasteiger partial charge in [0.2, 0.25) is 15.9 Å². The molecule has 110 valence electrons. The highest BCUT2D eigenvalue weighted by molar-refractivity contribution is 7.89. The van der Waals surface area contributed by atoms with E-state index in [1.54, 1.807) is 4.90 Å². The molecular formula is C13H18N2O4S. The first-order valence-corrected chi connectivity index (χ1v) is 8.04. The van der Waals surface area contributed by atoms with Crippen LogP contribution in [0.2, 0.25) is 0 Å². The topological polar surface area (TPSA) is 86.7 Å². The quantitative estimate of drug-likeness (QED) is 0.856. The fraction of sp³-hybridized carbons (Fsp3) is 0.462. The van der Waals surface area contributed by atoms with E-state index < -0.39 is 10.0 Å². The van der Waals surface area contributed by atoms with Gasteiger partial charge in [-0.2, -0.15) is 0 Å². The molecule has 0 unspecified atom stereocenters. The highest BCUT2D eigenvalue weighted by atomic mass is 32.2. The number of nitrogens with one attached hydrogen (secondary N) is 1. The summed E-state index contributed by atoms with van der Waals surface area (Å²) in [6, 6.07) is 5.64. The van der Waals surface area contributed by atoms with E-state index >= 15 is 0 Å². The number of aromatic hydroxyl groups is 1. The molecule has 0 spiro atoms. The van der Waals surface area contributed by atoms with E-state index in [4.69, 9.17) is 0 Å². The Hall–Kier alpha value is -1.60. The fourth-order valence-corrected chi connectivity index (χ4v) is 3.24. The number of phenolic OH excluding ortho intramolecular Hbond substituents is 1. The number of phenols is 1. The van der Waals surface area contributed by atoms with E-state index in [1.807, 2.05) is 0 Å². The van der Waals surface area contributed by atoms with Gasteiger partial charge < -0.3 is 10.0 Å². The molecule has 1 aliphatic heterocycles. The number of likely N-dealkylation sites (tertiary alicyclic amines) is 1. The van der Waals surface area contributed by atoms with Gasteiger partial charge in [-0.15, -0.1) is 0 Å². The van der Waals surface area contributed by atoms with Gasteiger partial charge in [0.1, 0.15) is 10.6 Å². The first-order chi connectivity index (χ1) is 9.50. The molecule has 0 atom stereocenters. The lowest BCUT2D eigenvalue weighted by molar-refractivity contribution is -0.130. The van der Waals surface area contributed by atoms with Crippen LogP contribution in [0.15, 0.2) is 29.2 Å². The molecule has 1 saturated heterocycles. The van der Waals surface area contributed by atoms with E-state index in [0.29, 0.717) is 13.1 Å². The van der Waals surface area contributed by atoms with Crippen molar-refractivity contribution in [2.24, 2.45) is 0 Å². The summed E-state index contributed by atoms with van der Waals surface area (Å²) in [4.78, 5) is 13.3. The van der Waals surface area contributed by atoms with Gasteiger partial charge in [0.15, 0.2) is 0 Å². The Kier molecular flexibility index (Phi) is 4.61. The Balaban J connectivity index is 1.99. The predicted molar refractivity (Wildman–Crippen MR) is 73.7 cm³/mol. The number of carbonyl (C=O) groups excluding carboxylic acids is 1. The molecule has 2 rings (SSSR count). The predicted octanol–water partition coefficient (Wildman–Crippen LogP) is 0.683. The van der Waals surface area contributed by atoms with Gasteiger partial charge in [0, 0.05) is 13.1 Å². The smallest absolute Gasteiger partial charge is 0.244 e. The van der Waals surface area contributed by atoms with Gasteiger partial charge in [0.05, 0.1) is 6.54 Å². The molecule has 0 aliphatic carbocycles. The Labute approximate surface area is 118 Å². The standard InChI is InChI=1S/C13H18N2O4S/c16-11-6-2-3-7-12(11)20(18,19)14-10-13(17)15-8-4-1-5-9-15/h2-3,6-7,14,16H,1,4-5,8-10H2. The Bertz CT molecular complexity index is 580. The molecule has 1 aromatic carbocycles. The number of piperidine rings is 1. The van der Waals surface area contributed by atoms with Crippen LogP contribution in [0.1, 0.15) is 19.3 Å². The van der Waals surface area contributed by atoms with Crippen molar-refractivity contribution in [2.45, 2.75) is 24.2 Å². The molecule has 1 heterocycles. The molecule has 20 heavy (non-hydrogen) atoms. The van der Waals surface area contributed by atoms with Crippen LogP contribution >= 0.6 is 0 Å². The highest BCUT2D eigenvalue weighted by Crippen LogP contribution is 2.20. The van der Waals surface area contributed by atoms with E-state index in [-0.39, 0.29) is 23.1 Å². The third-order valence-corrected chi connectivity index (χ3v) is 4.73. The molecule has 2 N–H and O–H groups in total. The van der Waals surface area contributed by atoms with Crippen molar-refractivity contribution >= 4 is 15.9 Å². The van der Waals surface area contributed by atoms with Crippen molar-refractivity contribution in [2.75, 3.05) is 19.6 Å². The van der Waals surface area contributed by atoms with Crippen molar-refractivity contribution in [1.29, 1.82) is 0 Å². The lowest BCUT2D eigenvalue weighted by Gasteiger charge is -2.26. The molecule has 0 aromatic heterocycles. The molecule has 1 aliphatic rings. The second-order valence-corrected chi connectivity index (χ2v) is 6.47. The molecule has 0 bridgehead atoms. The van der Waals surface area contributed by atoms with Crippen LogP contribution in [0.3, 0.4) is 0 Å². The Morgan fingerprint density at radius 1 is 1.20 bits per heavy atom. The Morgan fingerprint density at radius 2 is 1.85 bits per heavy atom. The first kappa shape index (κ1) is 14.8. The number of sulfonamides is 1. The fourth-order valence-electron chi connectivity index (χ4n) is 2.17. The second kappa shape index (κ2) is 6.23. The number of amides is 1. The zero-order valence-corrected chi connectivity index (χ0v) is 11.9. The summed E-state index contributed by atoms with van der Waals surface area (Å²) >= 11 is 0. The average Bonchev–Trinajstić information content (AvgIpc) is 2.46. The van der Waals surface area contributed by atoms with Crippen molar-refractivity contribution in [3.8, 4) is 5.75 Å². The van der Waals surface area contributed by atoms with Crippen LogP contribution in [-0.2, 0) is 14.8 Å². The third kappa shape index (κ3) is 3.49. The molecule has 6 nitrogen and oxygen atoms in total. The number of rotatable bonds is 4. The number of benzene rings is 1. The largest absolute Gasteiger partial charge is 0.507 e. The van der Waals surface area contributed by atoms with Gasteiger partial charge >= 0.3 is 0 Å². The minimum Gasteiger partial charge on any atom is -0.507 e. The first-order valence-electron chi connectivity index (χ1n) is 6.56. The van der Waals surface area contributed by atoms with Crippen LogP contribution in [0, 0.1) is 0 Å². The molecule has 0 radical (unpaired) electrons. The number of hydrogen-bond donors (Lipinski definition) is 2. The minimum atomic E-state index is -3.87. The van der Waals surface area contributed by atoms with E-state index in [2.05, 4.69) is 4.72 Å². The van der Waals surface area contributed by atoms with Crippen molar-refractivity contribution in [3.63, 3.8) is 0 Å². The van der Waals surface area contributed by atoms with E-state index in [0.717, 1.165) is 19.3 Å². The number of hydrogen-bond acceptors (Lipinski definition) is 4. The van der Waals surface area contributed by atoms with Crippen molar-refractivity contribution in [3.05, 3.63) is 24.3 Å². The third-order valence-electron chi connectivity index (χ3n) is 3.28. The van der Waals surface area contributed by atoms with Crippen molar-refractivity contribution in [1.82, 2.24) is 9.62 Å². The van der Waals surface area contributed by atoms with Gasteiger partial charge in [-0.25, -0.2) is 13.1 Å². The van der Waals surface area contributed by atoms with Crippen LogP contribution in [-0.4, -0.2) is 44.0 Å². The number of carbonyl (C=O) groups is 1. The monoisotopic (exact) mass is 298 g/mol. The van der Waals surface area contributed by atoms with Crippen LogP contribution in [0.4, 0.5) is 0 Å². The maximum Gasteiger partial charge on any atom is 0.244 e. The lowest BCUT2D eigenvalue weighted by Crippen LogP contribution is -2.42. The molecule has 1 amide bonds. The van der Waals surface area contributed by atoms with Gasteiger partial charge in [-0.3, -0.25) is 4.79 Å². The molecule has 0 saturated carbocycles. The molecular weight excluding hydrogens is 280 g/mol. The van der Waals surface area contributed by atoms with Gasteiger partial charge in [-0.1, -0.05) is 12.1 Å². The van der Waals surface area contributed by atoms with Gasteiger partial charge in [-0.05, 0) is 31.4 Å². The molecule has 1 aromatic rings. The maximum atomic E-state index is 12.0. The second-order valence-electron chi connectivity index (χ2n) is 4.73. The van der Waals surface area contributed by atoms with E-state index in [9.17, 15) is 18.3 Å². The number of nitrogens with zero attached hydrogens (tertiary/aromatic N) is 1. The lowest BCUT2D eigenvalue weighted by atomic mass is 10.1. The van der Waals surface area contributed by atoms with Crippen LogP contribution in [0.25, 0.3) is 0 Å². The summed E-state index contributed by atoms with van der Waals surface area (Å²) in [7, 11) is -3.87. The van der Waals surface area contributed by atoms with Crippen LogP contribution in [0.5, 0.6) is 5.75 Å². The zero-order chi connectivity index (χ0) is 14.6. The summed E-state index contributed by atoms with van der Waals surface area (Å²) < 4.78 is 26.2. The summed E-state index contributed by atoms with van der Waals surface area (Å²) in [5, 5.41) is 9.55. The molecule has 7 heteroatoms. The number of para-hydroxylation sites is 1. The molecule has 1 fully saturated rings. The van der Waals surface area contributed by atoms with Crippen molar-refractivity contribution < 1.29 is 18.3 Å². The minimum absolute atomic E-state index is 0.216. The average molecular weight is 298 g/mol. The highest BCUT2D eigenvalue weighted by Gasteiger charge is 2.22. The maximum absolute atomic E-state index is 12.0. The van der Waals surface area contributed by atoms with Gasteiger partial charge in [0.25, 0.3) is 0 Å². The summed E-state index contributed by atoms with van der Waals surface area (Å²) in [5.41, 5.74) is 0. The normalized spacial score (nSPS) is 16.1. The summed E-state index contributed by atoms with van der Waals surface area (Å²) in [6.45, 7) is 1.07. The van der Waals surface area contributed by atoms with E-state index in [1.165, 1.54) is 24.3 Å². The summed E-state index contributed by atoms with van der Waals surface area (Å²) in [5.74, 6) is -0.561. The summed E-state index contributed by atoms with van der Waals surface area (Å²) in [6.07, 6.45) is 3.02. The zero-order valence-electron chi connectivity index (χ0n) is 11.1.